The summed E-state index contributed by atoms with van der Waals surface area (Å²) >= 11 is 3.21. The van der Waals surface area contributed by atoms with E-state index in [0.717, 1.165) is 32.5 Å². The van der Waals surface area contributed by atoms with Crippen LogP contribution in [0.15, 0.2) is 16.7 Å². The van der Waals surface area contributed by atoms with E-state index in [4.69, 9.17) is 0 Å². The molecular formula is C12H17BrN4O2. The monoisotopic (exact) mass is 328 g/mol. The van der Waals surface area contributed by atoms with E-state index >= 15 is 0 Å². The molecule has 1 saturated heterocycles. The Kier molecular flexibility index (Phi) is 4.71. The summed E-state index contributed by atoms with van der Waals surface area (Å²) in [5, 5.41) is 14.2. The number of likely N-dealkylation sites (tertiary alicyclic amines) is 1. The van der Waals surface area contributed by atoms with Crippen LogP contribution >= 0.6 is 15.9 Å². The molecule has 6 nitrogen and oxygen atoms in total. The van der Waals surface area contributed by atoms with E-state index in [0.29, 0.717) is 10.3 Å². The van der Waals surface area contributed by atoms with Crippen LogP contribution in [-0.4, -0.2) is 40.5 Å². The van der Waals surface area contributed by atoms with Gasteiger partial charge in [0.05, 0.1) is 4.92 Å². The molecule has 0 aliphatic carbocycles. The molecule has 1 aliphatic rings. The molecule has 1 fully saturated rings. The summed E-state index contributed by atoms with van der Waals surface area (Å²) in [5.41, 5.74) is 0.0206. The van der Waals surface area contributed by atoms with Crippen molar-refractivity contribution >= 4 is 27.4 Å². The molecular weight excluding hydrogens is 312 g/mol. The minimum absolute atomic E-state index is 0.0206. The number of nitrogens with one attached hydrogen (secondary N) is 1. The predicted octanol–water partition coefficient (Wildman–Crippen LogP) is 2.65. The maximum absolute atomic E-state index is 11.0. The number of nitro groups is 1. The molecule has 1 aromatic heterocycles. The Morgan fingerprint density at radius 3 is 2.84 bits per heavy atom. The first-order valence-electron chi connectivity index (χ1n) is 6.39. The maximum Gasteiger partial charge on any atom is 0.312 e. The van der Waals surface area contributed by atoms with Gasteiger partial charge in [-0.15, -0.1) is 0 Å². The molecule has 0 amide bonds. The molecule has 1 aliphatic heterocycles. The third kappa shape index (κ3) is 3.63. The SMILES string of the molecule is CCN1CCC(Nc2ncc(Br)cc2[N+](=O)[O-])CC1. The lowest BCUT2D eigenvalue weighted by molar-refractivity contribution is -0.384. The fourth-order valence-corrected chi connectivity index (χ4v) is 2.59. The second kappa shape index (κ2) is 6.29. The lowest BCUT2D eigenvalue weighted by Gasteiger charge is -2.31. The average molecular weight is 329 g/mol. The van der Waals surface area contributed by atoms with Gasteiger partial charge in [0.15, 0.2) is 0 Å². The van der Waals surface area contributed by atoms with E-state index in [1.807, 2.05) is 0 Å². The minimum atomic E-state index is -0.402. The van der Waals surface area contributed by atoms with Crippen molar-refractivity contribution in [3.05, 3.63) is 26.9 Å². The van der Waals surface area contributed by atoms with E-state index in [2.05, 4.69) is 38.1 Å². The molecule has 1 N–H and O–H groups in total. The molecule has 0 aromatic carbocycles. The van der Waals surface area contributed by atoms with Gasteiger partial charge in [0, 0.05) is 35.9 Å². The van der Waals surface area contributed by atoms with Gasteiger partial charge in [-0.3, -0.25) is 10.1 Å². The summed E-state index contributed by atoms with van der Waals surface area (Å²) in [6, 6.07) is 1.74. The quantitative estimate of drug-likeness (QED) is 0.679. The number of hydrogen-bond donors (Lipinski definition) is 1. The second-order valence-electron chi connectivity index (χ2n) is 4.63. The van der Waals surface area contributed by atoms with Crippen molar-refractivity contribution < 1.29 is 4.92 Å². The van der Waals surface area contributed by atoms with Gasteiger partial charge in [0.25, 0.3) is 0 Å². The Balaban J connectivity index is 2.05. The molecule has 104 valence electrons. The largest absolute Gasteiger partial charge is 0.362 e. The van der Waals surface area contributed by atoms with Gasteiger partial charge >= 0.3 is 5.69 Å². The summed E-state index contributed by atoms with van der Waals surface area (Å²) in [7, 11) is 0. The van der Waals surface area contributed by atoms with E-state index in [9.17, 15) is 10.1 Å². The standard InChI is InChI=1S/C12H17BrN4O2/c1-2-16-5-3-10(4-6-16)15-12-11(17(18)19)7-9(13)8-14-12/h7-8,10H,2-6H2,1H3,(H,14,15). The third-order valence-electron chi connectivity index (χ3n) is 3.41. The lowest BCUT2D eigenvalue weighted by Crippen LogP contribution is -2.39. The average Bonchev–Trinajstić information content (AvgIpc) is 2.41. The Morgan fingerprint density at radius 1 is 1.58 bits per heavy atom. The Morgan fingerprint density at radius 2 is 2.26 bits per heavy atom. The van der Waals surface area contributed by atoms with Crippen LogP contribution in [0.4, 0.5) is 11.5 Å². The lowest BCUT2D eigenvalue weighted by atomic mass is 10.1. The summed E-state index contributed by atoms with van der Waals surface area (Å²) in [4.78, 5) is 17.1. The first-order chi connectivity index (χ1) is 9.10. The molecule has 0 bridgehead atoms. The Labute approximate surface area is 120 Å². The zero-order valence-corrected chi connectivity index (χ0v) is 12.4. The van der Waals surface area contributed by atoms with Crippen molar-refractivity contribution in [3.8, 4) is 0 Å². The second-order valence-corrected chi connectivity index (χ2v) is 5.55. The van der Waals surface area contributed by atoms with Gasteiger partial charge in [-0.1, -0.05) is 6.92 Å². The highest BCUT2D eigenvalue weighted by Crippen LogP contribution is 2.27. The highest BCUT2D eigenvalue weighted by Gasteiger charge is 2.22. The van der Waals surface area contributed by atoms with Crippen LogP contribution in [0.2, 0.25) is 0 Å². The first-order valence-corrected chi connectivity index (χ1v) is 7.18. The topological polar surface area (TPSA) is 71.3 Å². The number of pyridine rings is 1. The van der Waals surface area contributed by atoms with Gasteiger partial charge in [-0.25, -0.2) is 4.98 Å². The summed E-state index contributed by atoms with van der Waals surface area (Å²) in [5.74, 6) is 0.364. The van der Waals surface area contributed by atoms with Gasteiger partial charge in [-0.2, -0.15) is 0 Å². The van der Waals surface area contributed by atoms with Crippen LogP contribution in [0.1, 0.15) is 19.8 Å². The van der Waals surface area contributed by atoms with Crippen molar-refractivity contribution in [2.75, 3.05) is 25.0 Å². The van der Waals surface area contributed by atoms with Crippen molar-refractivity contribution in [2.24, 2.45) is 0 Å². The van der Waals surface area contributed by atoms with Crippen molar-refractivity contribution in [3.63, 3.8) is 0 Å². The van der Waals surface area contributed by atoms with Gasteiger partial charge in [0.2, 0.25) is 5.82 Å². The summed E-state index contributed by atoms with van der Waals surface area (Å²) < 4.78 is 0.616. The van der Waals surface area contributed by atoms with E-state index < -0.39 is 4.92 Å². The number of hydrogen-bond acceptors (Lipinski definition) is 5. The summed E-state index contributed by atoms with van der Waals surface area (Å²) in [6.07, 6.45) is 3.56. The van der Waals surface area contributed by atoms with Gasteiger partial charge in [0.1, 0.15) is 0 Å². The highest BCUT2D eigenvalue weighted by atomic mass is 79.9. The molecule has 7 heteroatoms. The molecule has 2 rings (SSSR count). The van der Waals surface area contributed by atoms with E-state index in [1.54, 1.807) is 6.20 Å². The molecule has 0 spiro atoms. The van der Waals surface area contributed by atoms with E-state index in [-0.39, 0.29) is 11.7 Å². The smallest absolute Gasteiger partial charge is 0.312 e. The molecule has 2 heterocycles. The molecule has 1 aromatic rings. The predicted molar refractivity (Wildman–Crippen MR) is 77.4 cm³/mol. The maximum atomic E-state index is 11.0. The highest BCUT2D eigenvalue weighted by molar-refractivity contribution is 9.10. The summed E-state index contributed by atoms with van der Waals surface area (Å²) in [6.45, 7) is 5.26. The number of rotatable bonds is 4. The van der Waals surface area contributed by atoms with Gasteiger partial charge < -0.3 is 10.2 Å². The molecule has 0 unspecified atom stereocenters. The Hall–Kier alpha value is -1.21. The first kappa shape index (κ1) is 14.2. The normalized spacial score (nSPS) is 17.4. The van der Waals surface area contributed by atoms with Crippen LogP contribution in [-0.2, 0) is 0 Å². The van der Waals surface area contributed by atoms with Crippen LogP contribution in [0.25, 0.3) is 0 Å². The number of anilines is 1. The molecule has 0 radical (unpaired) electrons. The number of aromatic nitrogens is 1. The fourth-order valence-electron chi connectivity index (χ4n) is 2.27. The van der Waals surface area contributed by atoms with Crippen LogP contribution in [0, 0.1) is 10.1 Å². The Bertz CT molecular complexity index is 461. The number of halogens is 1. The minimum Gasteiger partial charge on any atom is -0.362 e. The zero-order chi connectivity index (χ0) is 13.8. The zero-order valence-electron chi connectivity index (χ0n) is 10.8. The van der Waals surface area contributed by atoms with Crippen LogP contribution < -0.4 is 5.32 Å². The van der Waals surface area contributed by atoms with Crippen molar-refractivity contribution in [1.82, 2.24) is 9.88 Å². The fraction of sp³-hybridized carbons (Fsp3) is 0.583. The van der Waals surface area contributed by atoms with Crippen molar-refractivity contribution in [2.45, 2.75) is 25.8 Å². The number of piperidine rings is 1. The molecule has 19 heavy (non-hydrogen) atoms. The molecule has 0 atom stereocenters. The van der Waals surface area contributed by atoms with Crippen LogP contribution in [0.3, 0.4) is 0 Å². The van der Waals surface area contributed by atoms with Crippen molar-refractivity contribution in [1.29, 1.82) is 0 Å². The van der Waals surface area contributed by atoms with Gasteiger partial charge in [-0.05, 0) is 35.3 Å². The number of nitrogens with zero attached hydrogens (tertiary/aromatic N) is 3. The molecule has 0 saturated carbocycles. The van der Waals surface area contributed by atoms with E-state index in [1.165, 1.54) is 6.07 Å². The van der Waals surface area contributed by atoms with Crippen LogP contribution in [0.5, 0.6) is 0 Å². The third-order valence-corrected chi connectivity index (χ3v) is 3.84.